The van der Waals surface area contributed by atoms with E-state index in [1.165, 1.54) is 13.0 Å². The zero-order chi connectivity index (χ0) is 21.6. The van der Waals surface area contributed by atoms with Crippen molar-refractivity contribution in [2.75, 3.05) is 13.6 Å². The van der Waals surface area contributed by atoms with Crippen LogP contribution in [0, 0.1) is 23.3 Å². The fourth-order valence-corrected chi connectivity index (χ4v) is 2.93. The average Bonchev–Trinajstić information content (AvgIpc) is 2.68. The first-order chi connectivity index (χ1) is 13.7. The van der Waals surface area contributed by atoms with Crippen molar-refractivity contribution in [1.82, 2.24) is 10.6 Å². The smallest absolute Gasteiger partial charge is 0.194 e. The molecule has 0 spiro atoms. The molecule has 8 heteroatoms. The highest BCUT2D eigenvalue weighted by atomic mass is 19.2. The minimum Gasteiger partial charge on any atom is -0.310 e. The van der Waals surface area contributed by atoms with Crippen molar-refractivity contribution in [2.24, 2.45) is 0 Å². The normalized spacial score (nSPS) is 13.2. The predicted octanol–water partition coefficient (Wildman–Crippen LogP) is 2.73. The fourth-order valence-electron chi connectivity index (χ4n) is 2.93. The third-order valence-corrected chi connectivity index (χ3v) is 4.62. The van der Waals surface area contributed by atoms with E-state index in [0.717, 1.165) is 12.1 Å². The van der Waals surface area contributed by atoms with E-state index in [9.17, 15) is 27.2 Å². The molecule has 0 saturated heterocycles. The lowest BCUT2D eigenvalue weighted by atomic mass is 10.00. The van der Waals surface area contributed by atoms with E-state index in [1.54, 1.807) is 25.2 Å². The summed E-state index contributed by atoms with van der Waals surface area (Å²) in [7, 11) is 1.57. The number of carbonyl (C=O) groups is 2. The van der Waals surface area contributed by atoms with Crippen molar-refractivity contribution in [3.63, 3.8) is 0 Å². The first-order valence-electron chi connectivity index (χ1n) is 9.03. The number of ketones is 2. The number of halogens is 4. The van der Waals surface area contributed by atoms with Crippen LogP contribution >= 0.6 is 0 Å². The molecule has 0 aliphatic carbocycles. The fraction of sp³-hybridized carbons (Fsp3) is 0.333. The van der Waals surface area contributed by atoms with Crippen molar-refractivity contribution < 1.29 is 27.2 Å². The highest BCUT2D eigenvalue weighted by Gasteiger charge is 2.22. The van der Waals surface area contributed by atoms with Gasteiger partial charge in [0, 0.05) is 0 Å². The quantitative estimate of drug-likeness (QED) is 0.467. The molecule has 29 heavy (non-hydrogen) atoms. The number of likely N-dealkylation sites (N-methyl/N-ethyl adjacent to an activating group) is 1. The molecule has 0 unspecified atom stereocenters. The first-order valence-corrected chi connectivity index (χ1v) is 9.03. The Labute approximate surface area is 166 Å². The summed E-state index contributed by atoms with van der Waals surface area (Å²) in [6.07, 6.45) is 0.0110. The van der Waals surface area contributed by atoms with Crippen LogP contribution in [0.1, 0.15) is 18.1 Å². The maximum atomic E-state index is 13.8. The zero-order valence-electron chi connectivity index (χ0n) is 16.1. The Hall–Kier alpha value is -2.58. The van der Waals surface area contributed by atoms with Gasteiger partial charge in [-0.2, -0.15) is 0 Å². The van der Waals surface area contributed by atoms with Crippen molar-refractivity contribution in [3.8, 4) is 0 Å². The van der Waals surface area contributed by atoms with Crippen molar-refractivity contribution in [3.05, 3.63) is 70.8 Å². The van der Waals surface area contributed by atoms with Crippen LogP contribution in [0.3, 0.4) is 0 Å². The van der Waals surface area contributed by atoms with E-state index in [1.807, 2.05) is 0 Å². The number of hydrogen-bond acceptors (Lipinski definition) is 4. The summed E-state index contributed by atoms with van der Waals surface area (Å²) in [4.78, 5) is 24.4. The van der Waals surface area contributed by atoms with Crippen LogP contribution < -0.4 is 10.6 Å². The van der Waals surface area contributed by atoms with Gasteiger partial charge in [0.2, 0.25) is 0 Å². The Morgan fingerprint density at radius 2 is 1.55 bits per heavy atom. The molecule has 2 aromatic carbocycles. The number of carbonyl (C=O) groups excluding carboxylic acids is 2. The molecule has 2 aromatic rings. The highest BCUT2D eigenvalue weighted by molar-refractivity contribution is 5.87. The van der Waals surface area contributed by atoms with Crippen molar-refractivity contribution in [2.45, 2.75) is 31.8 Å². The Bertz CT molecular complexity index is 866. The minimum absolute atomic E-state index is 0.0815. The minimum atomic E-state index is -1.58. The zero-order valence-corrected chi connectivity index (χ0v) is 16.1. The molecule has 2 N–H and O–H groups in total. The molecular weight excluding hydrogens is 388 g/mol. The number of benzene rings is 2. The topological polar surface area (TPSA) is 58.2 Å². The maximum Gasteiger partial charge on any atom is 0.194 e. The summed E-state index contributed by atoms with van der Waals surface area (Å²) in [6, 6.07) is 6.14. The molecule has 0 bridgehead atoms. The van der Waals surface area contributed by atoms with Crippen LogP contribution in [-0.2, 0) is 22.4 Å². The van der Waals surface area contributed by atoms with E-state index >= 15 is 0 Å². The maximum absolute atomic E-state index is 13.8. The van der Waals surface area contributed by atoms with Crippen LogP contribution in [0.5, 0.6) is 0 Å². The summed E-state index contributed by atoms with van der Waals surface area (Å²) in [5.74, 6) is -5.36. The number of rotatable bonds is 10. The largest absolute Gasteiger partial charge is 0.310 e. The van der Waals surface area contributed by atoms with Crippen LogP contribution in [0.4, 0.5) is 17.6 Å². The summed E-state index contributed by atoms with van der Waals surface area (Å²) in [6.45, 7) is 1.06. The Kier molecular flexibility index (Phi) is 8.04. The highest BCUT2D eigenvalue weighted by Crippen LogP contribution is 2.15. The lowest BCUT2D eigenvalue weighted by Crippen LogP contribution is -2.46. The third-order valence-electron chi connectivity index (χ3n) is 4.62. The summed E-state index contributed by atoms with van der Waals surface area (Å²) in [5.41, 5.74) is 0.457. The van der Waals surface area contributed by atoms with Crippen LogP contribution in [0.25, 0.3) is 0 Å². The molecule has 2 rings (SSSR count). The Morgan fingerprint density at radius 3 is 2.10 bits per heavy atom. The number of Topliss-reactive ketones (excluding diaryl/α,β-unsaturated/α-hetero) is 2. The second-order valence-electron chi connectivity index (χ2n) is 6.72. The SMILES string of the molecule is CN[C@@H](Cc1ccccc1F)C(=O)CN[C@@H](Cc1cc(F)c(F)c(F)c1)C(C)=O. The second kappa shape index (κ2) is 10.3. The Morgan fingerprint density at radius 1 is 0.931 bits per heavy atom. The Balaban J connectivity index is 2.02. The molecular formula is C21H22F4N2O2. The predicted molar refractivity (Wildman–Crippen MR) is 100 cm³/mol. The van der Waals surface area contributed by atoms with Crippen molar-refractivity contribution >= 4 is 11.6 Å². The van der Waals surface area contributed by atoms with E-state index in [4.69, 9.17) is 0 Å². The van der Waals surface area contributed by atoms with Gasteiger partial charge in [0.1, 0.15) is 11.6 Å². The van der Waals surface area contributed by atoms with Gasteiger partial charge in [-0.25, -0.2) is 17.6 Å². The summed E-state index contributed by atoms with van der Waals surface area (Å²) >= 11 is 0. The van der Waals surface area contributed by atoms with E-state index in [0.29, 0.717) is 5.56 Å². The lowest BCUT2D eigenvalue weighted by Gasteiger charge is -2.19. The van der Waals surface area contributed by atoms with Gasteiger partial charge in [-0.1, -0.05) is 18.2 Å². The van der Waals surface area contributed by atoms with Gasteiger partial charge < -0.3 is 10.6 Å². The van der Waals surface area contributed by atoms with Crippen molar-refractivity contribution in [1.29, 1.82) is 0 Å². The molecule has 0 amide bonds. The van der Waals surface area contributed by atoms with E-state index < -0.39 is 35.4 Å². The average molecular weight is 410 g/mol. The van der Waals surface area contributed by atoms with Crippen LogP contribution in [-0.4, -0.2) is 37.2 Å². The van der Waals surface area contributed by atoms with Gasteiger partial charge in [-0.15, -0.1) is 0 Å². The molecule has 4 nitrogen and oxygen atoms in total. The molecule has 156 valence electrons. The molecule has 0 aliphatic heterocycles. The van der Waals surface area contributed by atoms with E-state index in [2.05, 4.69) is 10.6 Å². The van der Waals surface area contributed by atoms with E-state index in [-0.39, 0.29) is 36.5 Å². The van der Waals surface area contributed by atoms with Gasteiger partial charge >= 0.3 is 0 Å². The molecule has 0 heterocycles. The lowest BCUT2D eigenvalue weighted by molar-refractivity contribution is -0.121. The van der Waals surface area contributed by atoms with Crippen LogP contribution in [0.2, 0.25) is 0 Å². The van der Waals surface area contributed by atoms with Gasteiger partial charge in [0.15, 0.2) is 23.2 Å². The summed E-state index contributed by atoms with van der Waals surface area (Å²) in [5, 5.41) is 5.58. The molecule has 0 radical (unpaired) electrons. The van der Waals surface area contributed by atoms with Crippen LogP contribution in [0.15, 0.2) is 36.4 Å². The molecule has 0 aliphatic rings. The van der Waals surface area contributed by atoms with Gasteiger partial charge in [0.25, 0.3) is 0 Å². The standard InChI is InChI=1S/C21H22F4N2O2/c1-12(28)18(9-13-7-16(23)21(25)17(24)8-13)27-11-20(29)19(26-2)10-14-5-3-4-6-15(14)22/h3-8,18-19,26-27H,9-11H2,1-2H3/t18-,19-/m0/s1. The molecule has 2 atom stereocenters. The first kappa shape index (κ1) is 22.7. The number of nitrogens with one attached hydrogen (secondary N) is 2. The molecule has 0 fully saturated rings. The number of hydrogen-bond donors (Lipinski definition) is 2. The third kappa shape index (κ3) is 6.20. The van der Waals surface area contributed by atoms with Gasteiger partial charge in [0.05, 0.1) is 18.6 Å². The van der Waals surface area contributed by atoms with Gasteiger partial charge in [-0.05, 0) is 56.1 Å². The van der Waals surface area contributed by atoms with Gasteiger partial charge in [-0.3, -0.25) is 9.59 Å². The molecule has 0 saturated carbocycles. The monoisotopic (exact) mass is 410 g/mol. The second-order valence-corrected chi connectivity index (χ2v) is 6.72. The molecule has 0 aromatic heterocycles. The summed E-state index contributed by atoms with van der Waals surface area (Å²) < 4.78 is 53.7.